The summed E-state index contributed by atoms with van der Waals surface area (Å²) in [5.74, 6) is -0.314. The monoisotopic (exact) mass is 347 g/mol. The average Bonchev–Trinajstić information content (AvgIpc) is 3.08. The summed E-state index contributed by atoms with van der Waals surface area (Å²) >= 11 is 0. The molecular weight excluding hydrogens is 330 g/mol. The van der Waals surface area contributed by atoms with Gasteiger partial charge < -0.3 is 9.84 Å². The predicted octanol–water partition coefficient (Wildman–Crippen LogP) is 3.68. The highest BCUT2D eigenvalue weighted by atomic mass is 16.5. The van der Waals surface area contributed by atoms with E-state index >= 15 is 0 Å². The third-order valence-corrected chi connectivity index (χ3v) is 4.13. The highest BCUT2D eigenvalue weighted by molar-refractivity contribution is 5.96. The molecule has 0 aliphatic carbocycles. The Morgan fingerprint density at radius 1 is 1.19 bits per heavy atom. The van der Waals surface area contributed by atoms with Crippen LogP contribution in [0.2, 0.25) is 0 Å². The second-order valence-electron chi connectivity index (χ2n) is 5.63. The van der Waals surface area contributed by atoms with Gasteiger partial charge >= 0.3 is 5.97 Å². The van der Waals surface area contributed by atoms with Crippen LogP contribution in [0.4, 0.5) is 0 Å². The number of hydrogen-bond donors (Lipinski definition) is 1. The van der Waals surface area contributed by atoms with Gasteiger partial charge in [-0.1, -0.05) is 19.1 Å². The van der Waals surface area contributed by atoms with Gasteiger partial charge in [0.05, 0.1) is 30.1 Å². The zero-order valence-electron chi connectivity index (χ0n) is 14.4. The van der Waals surface area contributed by atoms with E-state index < -0.39 is 5.97 Å². The molecule has 0 bridgehead atoms. The summed E-state index contributed by atoms with van der Waals surface area (Å²) in [5, 5.41) is 23.3. The lowest BCUT2D eigenvalue weighted by molar-refractivity contribution is 0.0696. The Morgan fingerprint density at radius 2 is 1.85 bits per heavy atom. The molecule has 2 aromatic carbocycles. The van der Waals surface area contributed by atoms with Crippen LogP contribution in [0.15, 0.2) is 48.5 Å². The number of rotatable bonds is 5. The smallest absolute Gasteiger partial charge is 0.339 e. The molecule has 0 fully saturated rings. The van der Waals surface area contributed by atoms with Gasteiger partial charge in [-0.05, 0) is 42.8 Å². The first-order valence-corrected chi connectivity index (χ1v) is 8.09. The van der Waals surface area contributed by atoms with E-state index in [1.165, 1.54) is 0 Å². The molecule has 1 aromatic heterocycles. The zero-order valence-corrected chi connectivity index (χ0v) is 14.4. The Morgan fingerprint density at radius 3 is 2.35 bits per heavy atom. The highest BCUT2D eigenvalue weighted by Crippen LogP contribution is 2.29. The van der Waals surface area contributed by atoms with Crippen molar-refractivity contribution in [3.05, 3.63) is 65.4 Å². The molecule has 0 aliphatic rings. The van der Waals surface area contributed by atoms with Crippen LogP contribution in [-0.4, -0.2) is 28.0 Å². The van der Waals surface area contributed by atoms with Gasteiger partial charge in [-0.2, -0.15) is 10.4 Å². The Kier molecular flexibility index (Phi) is 4.72. The number of methoxy groups -OCH3 is 1. The molecule has 1 N–H and O–H groups in total. The second-order valence-corrected chi connectivity index (χ2v) is 5.63. The molecule has 26 heavy (non-hydrogen) atoms. The molecule has 0 aliphatic heterocycles. The first-order valence-electron chi connectivity index (χ1n) is 8.09. The number of ether oxygens (including phenoxy) is 1. The summed E-state index contributed by atoms with van der Waals surface area (Å²) in [6.07, 6.45) is 0.511. The number of aromatic nitrogens is 2. The Balaban J connectivity index is 2.19. The first kappa shape index (κ1) is 17.2. The SMILES string of the molecule is CCc1c(C(=O)O)c(-c2ccc(C#N)cc2)nn1-c1ccc(OC)cc1. The molecule has 0 unspecified atom stereocenters. The van der Waals surface area contributed by atoms with E-state index in [0.717, 1.165) is 5.69 Å². The number of nitrogens with zero attached hydrogens (tertiary/aromatic N) is 3. The number of carbonyl (C=O) groups is 1. The third-order valence-electron chi connectivity index (χ3n) is 4.13. The van der Waals surface area contributed by atoms with Crippen molar-refractivity contribution in [1.29, 1.82) is 5.26 Å². The van der Waals surface area contributed by atoms with Gasteiger partial charge in [0.25, 0.3) is 0 Å². The quantitative estimate of drug-likeness (QED) is 0.760. The summed E-state index contributed by atoms with van der Waals surface area (Å²) in [5.41, 5.74) is 3.09. The minimum absolute atomic E-state index is 0.174. The maximum absolute atomic E-state index is 11.9. The predicted molar refractivity (Wildman–Crippen MR) is 96.6 cm³/mol. The van der Waals surface area contributed by atoms with E-state index in [2.05, 4.69) is 11.2 Å². The van der Waals surface area contributed by atoms with Gasteiger partial charge in [-0.15, -0.1) is 0 Å². The van der Waals surface area contributed by atoms with Crippen molar-refractivity contribution in [3.8, 4) is 28.8 Å². The molecule has 0 spiro atoms. The molecule has 1 heterocycles. The van der Waals surface area contributed by atoms with Gasteiger partial charge in [0.15, 0.2) is 0 Å². The molecule has 6 heteroatoms. The lowest BCUT2D eigenvalue weighted by atomic mass is 10.0. The average molecular weight is 347 g/mol. The van der Waals surface area contributed by atoms with Crippen LogP contribution in [0.25, 0.3) is 16.9 Å². The van der Waals surface area contributed by atoms with Crippen molar-refractivity contribution >= 4 is 5.97 Å². The molecule has 0 saturated carbocycles. The van der Waals surface area contributed by atoms with Gasteiger partial charge in [0.1, 0.15) is 17.0 Å². The summed E-state index contributed by atoms with van der Waals surface area (Å²) in [4.78, 5) is 11.9. The van der Waals surface area contributed by atoms with Crippen LogP contribution in [0.5, 0.6) is 5.75 Å². The Hall–Kier alpha value is -3.59. The molecule has 3 rings (SSSR count). The summed E-state index contributed by atoms with van der Waals surface area (Å²) in [6.45, 7) is 1.89. The first-order chi connectivity index (χ1) is 12.6. The maximum atomic E-state index is 11.9. The maximum Gasteiger partial charge on any atom is 0.339 e. The van der Waals surface area contributed by atoms with E-state index in [1.54, 1.807) is 48.2 Å². The highest BCUT2D eigenvalue weighted by Gasteiger charge is 2.24. The van der Waals surface area contributed by atoms with Crippen LogP contribution in [0.1, 0.15) is 28.5 Å². The van der Waals surface area contributed by atoms with Gasteiger partial charge in [0, 0.05) is 5.56 Å². The summed E-state index contributed by atoms with van der Waals surface area (Å²) in [7, 11) is 1.59. The number of carboxylic acids is 1. The molecule has 0 saturated heterocycles. The second kappa shape index (κ2) is 7.11. The minimum Gasteiger partial charge on any atom is -0.497 e. The fraction of sp³-hybridized carbons (Fsp3) is 0.150. The van der Waals surface area contributed by atoms with Crippen molar-refractivity contribution in [2.24, 2.45) is 0 Å². The minimum atomic E-state index is -1.03. The number of hydrogen-bond acceptors (Lipinski definition) is 4. The van der Waals surface area contributed by atoms with Crippen LogP contribution >= 0.6 is 0 Å². The fourth-order valence-electron chi connectivity index (χ4n) is 2.85. The van der Waals surface area contributed by atoms with E-state index in [-0.39, 0.29) is 5.56 Å². The van der Waals surface area contributed by atoms with E-state index in [4.69, 9.17) is 10.00 Å². The van der Waals surface area contributed by atoms with E-state index in [9.17, 15) is 9.90 Å². The van der Waals surface area contributed by atoms with Gasteiger partial charge in [-0.3, -0.25) is 0 Å². The molecule has 0 radical (unpaired) electrons. The molecule has 130 valence electrons. The van der Waals surface area contributed by atoms with Crippen molar-refractivity contribution in [1.82, 2.24) is 9.78 Å². The molecule has 0 atom stereocenters. The van der Waals surface area contributed by atoms with Crippen molar-refractivity contribution in [3.63, 3.8) is 0 Å². The van der Waals surface area contributed by atoms with Crippen molar-refractivity contribution in [2.75, 3.05) is 7.11 Å². The molecule has 6 nitrogen and oxygen atoms in total. The van der Waals surface area contributed by atoms with E-state index in [0.29, 0.717) is 34.7 Å². The summed E-state index contributed by atoms with van der Waals surface area (Å²) < 4.78 is 6.82. The zero-order chi connectivity index (χ0) is 18.7. The Labute approximate surface area is 150 Å². The van der Waals surface area contributed by atoms with Crippen molar-refractivity contribution < 1.29 is 14.6 Å². The largest absolute Gasteiger partial charge is 0.497 e. The molecular formula is C20H17N3O3. The van der Waals surface area contributed by atoms with Crippen LogP contribution < -0.4 is 4.74 Å². The lowest BCUT2D eigenvalue weighted by Gasteiger charge is -2.07. The Bertz CT molecular complexity index is 981. The van der Waals surface area contributed by atoms with E-state index in [1.807, 2.05) is 19.1 Å². The number of nitriles is 1. The third kappa shape index (κ3) is 3.03. The van der Waals surface area contributed by atoms with Crippen LogP contribution in [0.3, 0.4) is 0 Å². The number of carboxylic acid groups (broad SMARTS) is 1. The molecule has 3 aromatic rings. The summed E-state index contributed by atoms with van der Waals surface area (Å²) in [6, 6.07) is 16.1. The van der Waals surface area contributed by atoms with Crippen LogP contribution in [0, 0.1) is 11.3 Å². The van der Waals surface area contributed by atoms with Crippen LogP contribution in [-0.2, 0) is 6.42 Å². The topological polar surface area (TPSA) is 88.1 Å². The van der Waals surface area contributed by atoms with Crippen molar-refractivity contribution in [2.45, 2.75) is 13.3 Å². The normalized spacial score (nSPS) is 10.3. The number of benzene rings is 2. The number of aromatic carboxylic acids is 1. The standard InChI is InChI=1S/C20H17N3O3/c1-3-17-18(20(24)25)19(14-6-4-13(12-21)5-7-14)22-23(17)15-8-10-16(26-2)11-9-15/h4-11H,3H2,1-2H3,(H,24,25). The molecule has 0 amide bonds. The fourth-order valence-corrected chi connectivity index (χ4v) is 2.85. The van der Waals surface area contributed by atoms with Gasteiger partial charge in [-0.25, -0.2) is 9.48 Å². The lowest BCUT2D eigenvalue weighted by Crippen LogP contribution is -2.05. The van der Waals surface area contributed by atoms with Gasteiger partial charge in [0.2, 0.25) is 0 Å².